The highest BCUT2D eigenvalue weighted by atomic mass is 16.6. The number of rotatable bonds is 6. The Balaban J connectivity index is 1.77. The summed E-state index contributed by atoms with van der Waals surface area (Å²) in [5.41, 5.74) is 0.523. The summed E-state index contributed by atoms with van der Waals surface area (Å²) in [5, 5.41) is 9.91. The predicted octanol–water partition coefficient (Wildman–Crippen LogP) is 4.36. The van der Waals surface area contributed by atoms with E-state index in [9.17, 15) is 14.7 Å². The first kappa shape index (κ1) is 22.8. The second-order valence-corrected chi connectivity index (χ2v) is 9.94. The van der Waals surface area contributed by atoms with Gasteiger partial charge in [-0.2, -0.15) is 0 Å². The minimum absolute atomic E-state index is 0.0869. The third kappa shape index (κ3) is 5.05. The number of esters is 2. The molecule has 0 aromatic heterocycles. The van der Waals surface area contributed by atoms with Crippen LogP contribution in [0.2, 0.25) is 0 Å². The van der Waals surface area contributed by atoms with Crippen LogP contribution in [0.15, 0.2) is 36.5 Å². The summed E-state index contributed by atoms with van der Waals surface area (Å²) in [6, 6.07) is 0. The van der Waals surface area contributed by atoms with Crippen LogP contribution in [-0.2, 0) is 19.1 Å². The first-order valence-electron chi connectivity index (χ1n) is 11.2. The number of aliphatic hydroxyl groups excluding tert-OH is 1. The van der Waals surface area contributed by atoms with Gasteiger partial charge in [0, 0.05) is 12.3 Å². The molecule has 0 saturated carbocycles. The molecule has 0 aromatic carbocycles. The number of carbonyl (C=O) groups is 2. The van der Waals surface area contributed by atoms with Crippen LogP contribution < -0.4 is 0 Å². The van der Waals surface area contributed by atoms with Crippen molar-refractivity contribution >= 4 is 11.9 Å². The first-order valence-corrected chi connectivity index (χ1v) is 11.2. The summed E-state index contributed by atoms with van der Waals surface area (Å²) in [7, 11) is 0. The van der Waals surface area contributed by atoms with Crippen molar-refractivity contribution in [3.63, 3.8) is 0 Å². The SMILES string of the molecule is C=CC(C)(C)C(=O)O[C@H]1C[C@@H](C)C=C2C=C[C@H](C)[C@H](CC[C@H]3C[C@@H](O)CC(=O)O3)[C@@H]21. The van der Waals surface area contributed by atoms with Gasteiger partial charge >= 0.3 is 11.9 Å². The van der Waals surface area contributed by atoms with E-state index < -0.39 is 11.5 Å². The fourth-order valence-corrected chi connectivity index (χ4v) is 5.01. The zero-order chi connectivity index (χ0) is 22.1. The number of allylic oxidation sites excluding steroid dienone is 3. The van der Waals surface area contributed by atoms with Crippen molar-refractivity contribution in [1.82, 2.24) is 0 Å². The number of cyclic esters (lactones) is 1. The average Bonchev–Trinajstić information content (AvgIpc) is 2.66. The van der Waals surface area contributed by atoms with E-state index >= 15 is 0 Å². The van der Waals surface area contributed by atoms with Gasteiger partial charge in [-0.15, -0.1) is 6.58 Å². The summed E-state index contributed by atoms with van der Waals surface area (Å²) in [6.45, 7) is 11.8. The Hall–Kier alpha value is -1.88. The maximum absolute atomic E-state index is 12.8. The molecule has 1 heterocycles. The molecule has 0 aromatic rings. The highest BCUT2D eigenvalue weighted by Gasteiger charge is 2.43. The topological polar surface area (TPSA) is 72.8 Å². The summed E-state index contributed by atoms with van der Waals surface area (Å²) >= 11 is 0. The van der Waals surface area contributed by atoms with E-state index in [2.05, 4.69) is 38.7 Å². The Labute approximate surface area is 180 Å². The van der Waals surface area contributed by atoms with Gasteiger partial charge in [-0.05, 0) is 56.4 Å². The van der Waals surface area contributed by atoms with Gasteiger partial charge in [0.15, 0.2) is 0 Å². The van der Waals surface area contributed by atoms with E-state index in [1.54, 1.807) is 6.08 Å². The lowest BCUT2D eigenvalue weighted by molar-refractivity contribution is -0.163. The van der Waals surface area contributed by atoms with Gasteiger partial charge < -0.3 is 14.6 Å². The molecule has 166 valence electrons. The number of carbonyl (C=O) groups excluding carboxylic acids is 2. The van der Waals surface area contributed by atoms with E-state index in [-0.39, 0.29) is 42.4 Å². The second-order valence-electron chi connectivity index (χ2n) is 9.94. The van der Waals surface area contributed by atoms with Gasteiger partial charge in [-0.3, -0.25) is 9.59 Å². The smallest absolute Gasteiger partial charge is 0.315 e. The number of hydrogen-bond donors (Lipinski definition) is 1. The van der Waals surface area contributed by atoms with E-state index in [1.165, 1.54) is 5.57 Å². The van der Waals surface area contributed by atoms with Crippen LogP contribution in [-0.4, -0.2) is 35.4 Å². The monoisotopic (exact) mass is 416 g/mol. The van der Waals surface area contributed by atoms with Crippen molar-refractivity contribution in [2.75, 3.05) is 0 Å². The Morgan fingerprint density at radius 2 is 2.07 bits per heavy atom. The quantitative estimate of drug-likeness (QED) is 0.514. The highest BCUT2D eigenvalue weighted by Crippen LogP contribution is 2.45. The lowest BCUT2D eigenvalue weighted by atomic mass is 9.65. The summed E-state index contributed by atoms with van der Waals surface area (Å²) < 4.78 is 11.5. The van der Waals surface area contributed by atoms with Crippen molar-refractivity contribution in [3.05, 3.63) is 36.5 Å². The van der Waals surface area contributed by atoms with Gasteiger partial charge in [-0.1, -0.05) is 38.2 Å². The molecule has 0 bridgehead atoms. The van der Waals surface area contributed by atoms with Crippen molar-refractivity contribution in [3.8, 4) is 0 Å². The number of ether oxygens (including phenoxy) is 2. The van der Waals surface area contributed by atoms with E-state index in [4.69, 9.17) is 9.47 Å². The average molecular weight is 417 g/mol. The van der Waals surface area contributed by atoms with Crippen molar-refractivity contribution in [1.29, 1.82) is 0 Å². The summed E-state index contributed by atoms with van der Waals surface area (Å²) in [6.07, 6.45) is 10.3. The van der Waals surface area contributed by atoms with Crippen molar-refractivity contribution in [2.45, 2.75) is 78.1 Å². The summed E-state index contributed by atoms with van der Waals surface area (Å²) in [4.78, 5) is 24.5. The van der Waals surface area contributed by atoms with E-state index in [0.29, 0.717) is 24.7 Å². The van der Waals surface area contributed by atoms with Crippen LogP contribution in [0.3, 0.4) is 0 Å². The molecule has 5 heteroatoms. The van der Waals surface area contributed by atoms with Gasteiger partial charge in [-0.25, -0.2) is 0 Å². The van der Waals surface area contributed by atoms with Crippen molar-refractivity contribution in [2.24, 2.45) is 29.1 Å². The fraction of sp³-hybridized carbons (Fsp3) is 0.680. The molecular weight excluding hydrogens is 380 g/mol. The molecule has 1 fully saturated rings. The Morgan fingerprint density at radius 3 is 2.73 bits per heavy atom. The molecule has 7 atom stereocenters. The van der Waals surface area contributed by atoms with E-state index in [1.807, 2.05) is 13.8 Å². The standard InChI is InChI=1S/C25H36O5/c1-6-25(4,5)24(28)30-21-12-15(2)11-17-8-7-16(3)20(23(17)21)10-9-19-13-18(26)14-22(27)29-19/h6-8,11,15-16,18-21,23,26H,1,9-10,12-14H2,2-5H3/t15-,16-,18+,19-,20-,21-,23+/m0/s1. The lowest BCUT2D eigenvalue weighted by Crippen LogP contribution is -2.43. The maximum Gasteiger partial charge on any atom is 0.315 e. The molecule has 5 nitrogen and oxygen atoms in total. The molecule has 30 heavy (non-hydrogen) atoms. The van der Waals surface area contributed by atoms with Gasteiger partial charge in [0.2, 0.25) is 0 Å². The first-order chi connectivity index (χ1) is 14.1. The number of aliphatic hydroxyl groups is 1. The maximum atomic E-state index is 12.8. The minimum Gasteiger partial charge on any atom is -0.462 e. The molecule has 1 saturated heterocycles. The third-order valence-electron chi connectivity index (χ3n) is 6.95. The minimum atomic E-state index is -0.720. The molecule has 3 rings (SSSR count). The molecule has 0 spiro atoms. The molecule has 1 aliphatic heterocycles. The Morgan fingerprint density at radius 1 is 1.33 bits per heavy atom. The van der Waals surface area contributed by atoms with Crippen LogP contribution >= 0.6 is 0 Å². The lowest BCUT2D eigenvalue weighted by Gasteiger charge is -2.44. The van der Waals surface area contributed by atoms with Gasteiger partial charge in [0.1, 0.15) is 12.2 Å². The third-order valence-corrected chi connectivity index (χ3v) is 6.95. The molecule has 3 aliphatic rings. The molecule has 2 aliphatic carbocycles. The van der Waals surface area contributed by atoms with Crippen LogP contribution in [0.5, 0.6) is 0 Å². The molecule has 0 radical (unpaired) electrons. The zero-order valence-electron chi connectivity index (χ0n) is 18.7. The van der Waals surface area contributed by atoms with Crippen LogP contribution in [0.1, 0.15) is 59.8 Å². The second kappa shape index (κ2) is 9.09. The highest BCUT2D eigenvalue weighted by molar-refractivity contribution is 5.78. The molecule has 0 unspecified atom stereocenters. The van der Waals surface area contributed by atoms with Crippen LogP contribution in [0.4, 0.5) is 0 Å². The zero-order valence-corrected chi connectivity index (χ0v) is 18.7. The molecule has 1 N–H and O–H groups in total. The number of fused-ring (bicyclic) bond motifs is 1. The molecular formula is C25H36O5. The Kier molecular flexibility index (Phi) is 6.91. The van der Waals surface area contributed by atoms with Crippen LogP contribution in [0, 0.1) is 29.1 Å². The van der Waals surface area contributed by atoms with Crippen LogP contribution in [0.25, 0.3) is 0 Å². The fourth-order valence-electron chi connectivity index (χ4n) is 5.01. The molecule has 0 amide bonds. The van der Waals surface area contributed by atoms with E-state index in [0.717, 1.165) is 12.8 Å². The summed E-state index contributed by atoms with van der Waals surface area (Å²) in [5.74, 6) is 0.542. The number of hydrogen-bond acceptors (Lipinski definition) is 5. The van der Waals surface area contributed by atoms with Gasteiger partial charge in [0.25, 0.3) is 0 Å². The van der Waals surface area contributed by atoms with Crippen molar-refractivity contribution < 1.29 is 24.2 Å². The normalized spacial score (nSPS) is 36.4. The predicted molar refractivity (Wildman–Crippen MR) is 115 cm³/mol. The Bertz CT molecular complexity index is 734. The largest absolute Gasteiger partial charge is 0.462 e. The van der Waals surface area contributed by atoms with Gasteiger partial charge in [0.05, 0.1) is 17.9 Å².